The molecule has 0 fully saturated rings. The molecule has 0 aromatic heterocycles. The van der Waals surface area contributed by atoms with Crippen molar-refractivity contribution in [2.75, 3.05) is 51.9 Å². The van der Waals surface area contributed by atoms with Gasteiger partial charge in [0.2, 0.25) is 0 Å². The van der Waals surface area contributed by atoms with Gasteiger partial charge in [0, 0.05) is 30.9 Å². The molecule has 3 nitrogen and oxygen atoms in total. The fourth-order valence-corrected chi connectivity index (χ4v) is 2.68. The molecule has 0 unspecified atom stereocenters. The van der Waals surface area contributed by atoms with Gasteiger partial charge in [-0.1, -0.05) is 13.8 Å². The molecule has 0 rings (SSSR count). The van der Waals surface area contributed by atoms with Crippen molar-refractivity contribution < 1.29 is 14.2 Å². The highest BCUT2D eigenvalue weighted by molar-refractivity contribution is 6.21. The first-order valence-electron chi connectivity index (χ1n) is 6.39. The second kappa shape index (κ2) is 11.3. The Morgan fingerprint density at radius 2 is 1.39 bits per heavy atom. The number of alkyl halides is 2. The highest BCUT2D eigenvalue weighted by atomic mass is 35.5. The first-order chi connectivity index (χ1) is 8.63. The smallest absolute Gasteiger partial charge is 0.0701 e. The van der Waals surface area contributed by atoms with Crippen LogP contribution in [0.2, 0.25) is 0 Å². The molecule has 0 N–H and O–H groups in total. The van der Waals surface area contributed by atoms with Gasteiger partial charge in [0.15, 0.2) is 0 Å². The molecule has 0 amide bonds. The van der Waals surface area contributed by atoms with Crippen molar-refractivity contribution in [2.45, 2.75) is 20.3 Å². The molecule has 5 heteroatoms. The summed E-state index contributed by atoms with van der Waals surface area (Å²) in [7, 11) is 1.66. The minimum atomic E-state index is -0.0278. The fraction of sp³-hybridized carbons (Fsp3) is 1.00. The summed E-state index contributed by atoms with van der Waals surface area (Å²) in [4.78, 5) is 0. The van der Waals surface area contributed by atoms with Crippen molar-refractivity contribution in [3.63, 3.8) is 0 Å². The predicted molar refractivity (Wildman–Crippen MR) is 76.8 cm³/mol. The monoisotopic (exact) mass is 300 g/mol. The van der Waals surface area contributed by atoms with Gasteiger partial charge in [-0.2, -0.15) is 0 Å². The average Bonchev–Trinajstić information content (AvgIpc) is 2.37. The maximum absolute atomic E-state index is 6.04. The molecule has 0 saturated carbocycles. The second-order valence-electron chi connectivity index (χ2n) is 4.75. The summed E-state index contributed by atoms with van der Waals surface area (Å²) in [6, 6.07) is 0. The van der Waals surface area contributed by atoms with Crippen LogP contribution in [0.3, 0.4) is 0 Å². The second-order valence-corrected chi connectivity index (χ2v) is 5.29. The molecule has 0 aliphatic carbocycles. The lowest BCUT2D eigenvalue weighted by Gasteiger charge is -2.33. The summed E-state index contributed by atoms with van der Waals surface area (Å²) in [6.07, 6.45) is 0.885. The Balaban J connectivity index is 3.62. The molecule has 18 heavy (non-hydrogen) atoms. The average molecular weight is 301 g/mol. The molecule has 0 radical (unpaired) electrons. The third-order valence-corrected chi connectivity index (χ3v) is 4.37. The maximum Gasteiger partial charge on any atom is 0.0701 e. The zero-order chi connectivity index (χ0) is 13.9. The van der Waals surface area contributed by atoms with E-state index in [9.17, 15) is 0 Å². The third-order valence-electron chi connectivity index (χ3n) is 3.31. The number of methoxy groups -OCH3 is 1. The first kappa shape index (κ1) is 18.5. The number of hydrogen-bond acceptors (Lipinski definition) is 3. The Labute approximate surface area is 121 Å². The Morgan fingerprint density at radius 3 is 1.83 bits per heavy atom. The van der Waals surface area contributed by atoms with Gasteiger partial charge >= 0.3 is 0 Å². The summed E-state index contributed by atoms with van der Waals surface area (Å²) in [5.41, 5.74) is -0.0278. The minimum Gasteiger partial charge on any atom is -0.382 e. The Kier molecular flexibility index (Phi) is 11.6. The molecule has 0 aromatic carbocycles. The van der Waals surface area contributed by atoms with E-state index in [1.165, 1.54) is 0 Å². The van der Waals surface area contributed by atoms with Crippen LogP contribution in [0, 0.1) is 11.3 Å². The van der Waals surface area contributed by atoms with Gasteiger partial charge in [0.1, 0.15) is 0 Å². The molecule has 0 aromatic rings. The number of halogens is 2. The van der Waals surface area contributed by atoms with Crippen molar-refractivity contribution in [1.29, 1.82) is 0 Å². The van der Waals surface area contributed by atoms with Crippen LogP contribution < -0.4 is 0 Å². The van der Waals surface area contributed by atoms with Crippen molar-refractivity contribution in [3.8, 4) is 0 Å². The van der Waals surface area contributed by atoms with E-state index in [1.54, 1.807) is 7.11 Å². The van der Waals surface area contributed by atoms with Crippen LogP contribution in [0.15, 0.2) is 0 Å². The fourth-order valence-electron chi connectivity index (χ4n) is 1.51. The standard InChI is InChI=1S/C13H26Cl2O3/c1-12(2)13(10-14,11-15)4-5-17-8-9-18-7-6-16-3/h12H,4-11H2,1-3H3. The highest BCUT2D eigenvalue weighted by Crippen LogP contribution is 2.34. The molecule has 110 valence electrons. The molecule has 0 bridgehead atoms. The zero-order valence-electron chi connectivity index (χ0n) is 11.7. The Morgan fingerprint density at radius 1 is 0.889 bits per heavy atom. The number of ether oxygens (including phenoxy) is 3. The molecule has 0 aliphatic heterocycles. The van der Waals surface area contributed by atoms with Gasteiger partial charge in [0.05, 0.1) is 26.4 Å². The van der Waals surface area contributed by atoms with E-state index in [2.05, 4.69) is 13.8 Å². The summed E-state index contributed by atoms with van der Waals surface area (Å²) in [6.45, 7) is 7.40. The first-order valence-corrected chi connectivity index (χ1v) is 7.46. The van der Waals surface area contributed by atoms with Crippen LogP contribution in [0.1, 0.15) is 20.3 Å². The maximum atomic E-state index is 6.04. The zero-order valence-corrected chi connectivity index (χ0v) is 13.2. The Hall–Kier alpha value is 0.460. The molecular formula is C13H26Cl2O3. The SMILES string of the molecule is COCCOCCOCCC(CCl)(CCl)C(C)C. The van der Waals surface area contributed by atoms with Crippen LogP contribution in [-0.4, -0.2) is 51.9 Å². The summed E-state index contributed by atoms with van der Waals surface area (Å²) < 4.78 is 15.7. The largest absolute Gasteiger partial charge is 0.382 e. The van der Waals surface area contributed by atoms with E-state index in [-0.39, 0.29) is 5.41 Å². The van der Waals surface area contributed by atoms with Crippen molar-refractivity contribution in [1.82, 2.24) is 0 Å². The van der Waals surface area contributed by atoms with Crippen LogP contribution in [0.4, 0.5) is 0 Å². The third kappa shape index (κ3) is 7.15. The normalized spacial score (nSPS) is 12.3. The molecular weight excluding hydrogens is 275 g/mol. The van der Waals surface area contributed by atoms with E-state index in [4.69, 9.17) is 37.4 Å². The van der Waals surface area contributed by atoms with E-state index in [0.717, 1.165) is 6.42 Å². The Bertz CT molecular complexity index is 185. The summed E-state index contributed by atoms with van der Waals surface area (Å²) >= 11 is 12.1. The van der Waals surface area contributed by atoms with Gasteiger partial charge in [-0.3, -0.25) is 0 Å². The van der Waals surface area contributed by atoms with Gasteiger partial charge in [0.25, 0.3) is 0 Å². The lowest BCUT2D eigenvalue weighted by molar-refractivity contribution is 0.0161. The van der Waals surface area contributed by atoms with E-state index in [0.29, 0.717) is 50.7 Å². The summed E-state index contributed by atoms with van der Waals surface area (Å²) in [5.74, 6) is 1.60. The van der Waals surface area contributed by atoms with Crippen LogP contribution in [-0.2, 0) is 14.2 Å². The van der Waals surface area contributed by atoms with Gasteiger partial charge < -0.3 is 14.2 Å². The number of rotatable bonds is 12. The molecule has 0 saturated heterocycles. The predicted octanol–water partition coefficient (Wildman–Crippen LogP) is 3.18. The molecule has 0 aliphatic rings. The topological polar surface area (TPSA) is 27.7 Å². The highest BCUT2D eigenvalue weighted by Gasteiger charge is 2.31. The molecule has 0 spiro atoms. The van der Waals surface area contributed by atoms with Crippen molar-refractivity contribution in [3.05, 3.63) is 0 Å². The van der Waals surface area contributed by atoms with Gasteiger partial charge in [-0.05, 0) is 12.3 Å². The lowest BCUT2D eigenvalue weighted by atomic mass is 9.78. The minimum absolute atomic E-state index is 0.0278. The van der Waals surface area contributed by atoms with Crippen molar-refractivity contribution in [2.24, 2.45) is 11.3 Å². The van der Waals surface area contributed by atoms with Crippen LogP contribution in [0.25, 0.3) is 0 Å². The van der Waals surface area contributed by atoms with Crippen molar-refractivity contribution >= 4 is 23.2 Å². The van der Waals surface area contributed by atoms with Crippen LogP contribution in [0.5, 0.6) is 0 Å². The van der Waals surface area contributed by atoms with E-state index < -0.39 is 0 Å². The van der Waals surface area contributed by atoms with E-state index in [1.807, 2.05) is 0 Å². The van der Waals surface area contributed by atoms with Gasteiger partial charge in [-0.25, -0.2) is 0 Å². The molecule has 0 heterocycles. The quantitative estimate of drug-likeness (QED) is 0.409. The molecule has 0 atom stereocenters. The number of hydrogen-bond donors (Lipinski definition) is 0. The van der Waals surface area contributed by atoms with Gasteiger partial charge in [-0.15, -0.1) is 23.2 Å². The van der Waals surface area contributed by atoms with E-state index >= 15 is 0 Å². The summed E-state index contributed by atoms with van der Waals surface area (Å²) in [5, 5.41) is 0. The van der Waals surface area contributed by atoms with Crippen LogP contribution >= 0.6 is 23.2 Å². The lowest BCUT2D eigenvalue weighted by Crippen LogP contribution is -2.33.